The fourth-order valence-electron chi connectivity index (χ4n) is 6.75. The number of anilines is 1. The average molecular weight is 545 g/mol. The van der Waals surface area contributed by atoms with Crippen molar-refractivity contribution < 1.29 is 14.4 Å². The highest BCUT2D eigenvalue weighted by Gasteiger charge is 2.53. The maximum Gasteiger partial charge on any atom is 0.255 e. The molecule has 0 bridgehead atoms. The summed E-state index contributed by atoms with van der Waals surface area (Å²) in [6.07, 6.45) is 10.1. The van der Waals surface area contributed by atoms with Gasteiger partial charge in [-0.1, -0.05) is 75.8 Å². The Bertz CT molecular complexity index is 1150. The van der Waals surface area contributed by atoms with E-state index in [0.717, 1.165) is 50.1 Å². The van der Waals surface area contributed by atoms with Gasteiger partial charge in [-0.05, 0) is 61.4 Å². The molecule has 214 valence electrons. The molecule has 40 heavy (non-hydrogen) atoms. The number of hydrogen-bond acceptors (Lipinski definition) is 4. The quantitative estimate of drug-likeness (QED) is 0.445. The molecule has 2 aromatic rings. The van der Waals surface area contributed by atoms with Crippen LogP contribution in [0.3, 0.4) is 0 Å². The molecule has 7 nitrogen and oxygen atoms in total. The molecule has 0 radical (unpaired) electrons. The maximum atomic E-state index is 13.8. The standard InChI is InChI=1S/C33H44N4O3/c1-2-3-20-37-31(39)29(23-25-10-6-4-7-11-25)35-32(40)33(37)18-21-36(22-19-33)24-26-14-16-27(17-15-26)30(38)34-28-12-8-5-9-13-28/h5,8-9,12-17,25,29H,2-4,6-7,10-11,18-24H2,1H3,(H,34,38)(H,35,40)/t29-/m0/s1. The molecule has 1 atom stereocenters. The number of nitrogens with one attached hydrogen (secondary N) is 2. The molecule has 1 aliphatic carbocycles. The Morgan fingerprint density at radius 2 is 1.68 bits per heavy atom. The first-order valence-electron chi connectivity index (χ1n) is 15.3. The third kappa shape index (κ3) is 6.41. The molecular weight excluding hydrogens is 500 g/mol. The number of nitrogens with zero attached hydrogens (tertiary/aromatic N) is 2. The molecule has 7 heteroatoms. The highest BCUT2D eigenvalue weighted by atomic mass is 16.2. The van der Waals surface area contributed by atoms with Crippen LogP contribution < -0.4 is 10.6 Å². The zero-order valence-electron chi connectivity index (χ0n) is 23.9. The summed E-state index contributed by atoms with van der Waals surface area (Å²) in [6.45, 7) is 5.07. The predicted molar refractivity (Wildman–Crippen MR) is 158 cm³/mol. The first-order valence-corrected chi connectivity index (χ1v) is 15.3. The van der Waals surface area contributed by atoms with Crippen LogP contribution in [0.4, 0.5) is 5.69 Å². The van der Waals surface area contributed by atoms with Gasteiger partial charge in [0.25, 0.3) is 5.91 Å². The van der Waals surface area contributed by atoms with E-state index in [9.17, 15) is 14.4 Å². The van der Waals surface area contributed by atoms with Crippen molar-refractivity contribution >= 4 is 23.4 Å². The van der Waals surface area contributed by atoms with Crippen molar-refractivity contribution in [2.45, 2.75) is 89.3 Å². The third-order valence-corrected chi connectivity index (χ3v) is 9.18. The lowest BCUT2D eigenvalue weighted by atomic mass is 9.79. The van der Waals surface area contributed by atoms with E-state index < -0.39 is 5.54 Å². The number of unbranched alkanes of at least 4 members (excludes halogenated alkanes) is 1. The second-order valence-corrected chi connectivity index (χ2v) is 11.9. The van der Waals surface area contributed by atoms with Crippen LogP contribution in [0.2, 0.25) is 0 Å². The summed E-state index contributed by atoms with van der Waals surface area (Å²) in [6, 6.07) is 16.8. The van der Waals surface area contributed by atoms with Crippen molar-refractivity contribution in [3.05, 3.63) is 65.7 Å². The number of piperazine rings is 1. The second-order valence-electron chi connectivity index (χ2n) is 11.9. The highest BCUT2D eigenvalue weighted by Crippen LogP contribution is 2.36. The molecule has 2 aliphatic heterocycles. The van der Waals surface area contributed by atoms with Gasteiger partial charge in [0.1, 0.15) is 11.6 Å². The van der Waals surface area contributed by atoms with Crippen molar-refractivity contribution in [3.8, 4) is 0 Å². The molecule has 2 N–H and O–H groups in total. The number of rotatable bonds is 9. The van der Waals surface area contributed by atoms with Crippen LogP contribution in [0.25, 0.3) is 0 Å². The maximum absolute atomic E-state index is 13.8. The Morgan fingerprint density at radius 3 is 2.35 bits per heavy atom. The van der Waals surface area contributed by atoms with Crippen LogP contribution >= 0.6 is 0 Å². The molecule has 3 aliphatic rings. The number of hydrogen-bond donors (Lipinski definition) is 2. The van der Waals surface area contributed by atoms with Crippen LogP contribution in [0, 0.1) is 5.92 Å². The van der Waals surface area contributed by atoms with E-state index in [1.54, 1.807) is 0 Å². The summed E-state index contributed by atoms with van der Waals surface area (Å²) < 4.78 is 0. The van der Waals surface area contributed by atoms with Gasteiger partial charge in [0.2, 0.25) is 11.8 Å². The summed E-state index contributed by atoms with van der Waals surface area (Å²) in [7, 11) is 0. The first-order chi connectivity index (χ1) is 19.5. The van der Waals surface area contributed by atoms with Gasteiger partial charge in [-0.15, -0.1) is 0 Å². The molecule has 0 aromatic heterocycles. The van der Waals surface area contributed by atoms with Gasteiger partial charge in [0.15, 0.2) is 0 Å². The SMILES string of the molecule is CCCCN1C(=O)[C@H](CC2CCCCC2)NC(=O)C12CCN(Cc1ccc(C(=O)Nc3ccccc3)cc1)CC2. The lowest BCUT2D eigenvalue weighted by Gasteiger charge is -2.52. The molecule has 1 spiro atoms. The number of benzene rings is 2. The summed E-state index contributed by atoms with van der Waals surface area (Å²) in [5.41, 5.74) is 1.80. The van der Waals surface area contributed by atoms with Crippen LogP contribution in [0.15, 0.2) is 54.6 Å². The Kier molecular flexibility index (Phi) is 9.20. The van der Waals surface area contributed by atoms with Gasteiger partial charge < -0.3 is 15.5 Å². The Balaban J connectivity index is 1.19. The lowest BCUT2D eigenvalue weighted by molar-refractivity contribution is -0.162. The zero-order chi connectivity index (χ0) is 28.0. The minimum atomic E-state index is -0.731. The molecule has 2 saturated heterocycles. The molecule has 2 aromatic carbocycles. The molecule has 2 heterocycles. The summed E-state index contributed by atoms with van der Waals surface area (Å²) in [4.78, 5) is 44.4. The van der Waals surface area contributed by atoms with Crippen LogP contribution in [0.1, 0.15) is 87.1 Å². The monoisotopic (exact) mass is 544 g/mol. The topological polar surface area (TPSA) is 81.8 Å². The number of carbonyl (C=O) groups is 3. The first kappa shape index (κ1) is 28.3. The number of carbonyl (C=O) groups excluding carboxylic acids is 3. The largest absolute Gasteiger partial charge is 0.342 e. The Hall–Kier alpha value is -3.19. The highest BCUT2D eigenvalue weighted by molar-refractivity contribution is 6.04. The van der Waals surface area contributed by atoms with Crippen LogP contribution in [-0.2, 0) is 16.1 Å². The smallest absolute Gasteiger partial charge is 0.255 e. The fraction of sp³-hybridized carbons (Fsp3) is 0.545. The minimum Gasteiger partial charge on any atom is -0.342 e. The fourth-order valence-corrected chi connectivity index (χ4v) is 6.75. The zero-order valence-corrected chi connectivity index (χ0v) is 23.9. The molecule has 3 fully saturated rings. The summed E-state index contributed by atoms with van der Waals surface area (Å²) in [5.74, 6) is 0.608. The van der Waals surface area contributed by atoms with E-state index in [2.05, 4.69) is 22.5 Å². The van der Waals surface area contributed by atoms with Crippen LogP contribution in [0.5, 0.6) is 0 Å². The summed E-state index contributed by atoms with van der Waals surface area (Å²) in [5, 5.41) is 6.12. The molecule has 3 amide bonds. The van der Waals surface area contributed by atoms with Crippen LogP contribution in [-0.4, -0.2) is 58.7 Å². The number of likely N-dealkylation sites (tertiary alicyclic amines) is 1. The van der Waals surface area contributed by atoms with Gasteiger partial charge in [0, 0.05) is 37.4 Å². The number of para-hydroxylation sites is 1. The minimum absolute atomic E-state index is 0.0532. The van der Waals surface area contributed by atoms with E-state index in [1.165, 1.54) is 32.1 Å². The molecule has 5 rings (SSSR count). The molecule has 0 unspecified atom stereocenters. The summed E-state index contributed by atoms with van der Waals surface area (Å²) >= 11 is 0. The van der Waals surface area contributed by atoms with Crippen molar-refractivity contribution in [2.75, 3.05) is 25.0 Å². The second kappa shape index (κ2) is 13.0. The third-order valence-electron chi connectivity index (χ3n) is 9.18. The van der Waals surface area contributed by atoms with E-state index >= 15 is 0 Å². The predicted octanol–water partition coefficient (Wildman–Crippen LogP) is 5.37. The van der Waals surface area contributed by atoms with E-state index in [0.29, 0.717) is 30.9 Å². The van der Waals surface area contributed by atoms with Crippen molar-refractivity contribution in [3.63, 3.8) is 0 Å². The molecular formula is C33H44N4O3. The average Bonchev–Trinajstić information content (AvgIpc) is 2.98. The normalized spacial score (nSPS) is 21.8. The van der Waals surface area contributed by atoms with Crippen molar-refractivity contribution in [1.29, 1.82) is 0 Å². The van der Waals surface area contributed by atoms with Gasteiger partial charge >= 0.3 is 0 Å². The van der Waals surface area contributed by atoms with E-state index in [4.69, 9.17) is 0 Å². The van der Waals surface area contributed by atoms with Gasteiger partial charge in [0.05, 0.1) is 0 Å². The molecule has 1 saturated carbocycles. The van der Waals surface area contributed by atoms with E-state index in [1.807, 2.05) is 59.5 Å². The lowest BCUT2D eigenvalue weighted by Crippen LogP contribution is -2.73. The number of amides is 3. The Labute approximate surface area is 238 Å². The van der Waals surface area contributed by atoms with Gasteiger partial charge in [-0.3, -0.25) is 19.3 Å². The van der Waals surface area contributed by atoms with Gasteiger partial charge in [-0.25, -0.2) is 0 Å². The Morgan fingerprint density at radius 1 is 0.975 bits per heavy atom. The van der Waals surface area contributed by atoms with Gasteiger partial charge in [-0.2, -0.15) is 0 Å². The number of piperidine rings is 1. The van der Waals surface area contributed by atoms with Crippen molar-refractivity contribution in [1.82, 2.24) is 15.1 Å². The van der Waals surface area contributed by atoms with E-state index in [-0.39, 0.29) is 23.8 Å². The van der Waals surface area contributed by atoms with Crippen molar-refractivity contribution in [2.24, 2.45) is 5.92 Å².